The van der Waals surface area contributed by atoms with Gasteiger partial charge in [0.2, 0.25) is 0 Å². The lowest BCUT2D eigenvalue weighted by atomic mass is 10.2. The van der Waals surface area contributed by atoms with Crippen LogP contribution in [0.1, 0.15) is 5.56 Å². The first-order chi connectivity index (χ1) is 8.06. The van der Waals surface area contributed by atoms with Gasteiger partial charge in [-0.25, -0.2) is 0 Å². The lowest BCUT2D eigenvalue weighted by Gasteiger charge is -2.35. The van der Waals surface area contributed by atoms with E-state index in [-0.39, 0.29) is 18.6 Å². The minimum absolute atomic E-state index is 0.0457. The molecular weight excluding hydrogens is 242 g/mol. The Balaban J connectivity index is 1.89. The second kappa shape index (κ2) is 4.94. The van der Waals surface area contributed by atoms with E-state index in [1.807, 2.05) is 13.0 Å². The van der Waals surface area contributed by atoms with Crippen molar-refractivity contribution in [1.82, 2.24) is 4.90 Å². The van der Waals surface area contributed by atoms with Crippen molar-refractivity contribution >= 4 is 17.5 Å². The number of β-amino-alcohol motifs (C(OH)–C–C–N with tert-alkyl or cyclic N) is 1. The number of aliphatic hydroxyl groups excluding tert-OH is 1. The van der Waals surface area contributed by atoms with Crippen LogP contribution in [0.5, 0.6) is 5.75 Å². The number of carbonyl (C=O) groups excluding carboxylic acids is 1. The Morgan fingerprint density at radius 3 is 2.94 bits per heavy atom. The molecule has 1 aromatic carbocycles. The molecule has 1 aliphatic heterocycles. The molecule has 0 saturated carbocycles. The minimum Gasteiger partial charge on any atom is -0.482 e. The van der Waals surface area contributed by atoms with E-state index in [1.165, 1.54) is 0 Å². The van der Waals surface area contributed by atoms with Gasteiger partial charge in [-0.05, 0) is 24.6 Å². The van der Waals surface area contributed by atoms with Crippen LogP contribution in [0.3, 0.4) is 0 Å². The highest BCUT2D eigenvalue weighted by atomic mass is 35.5. The summed E-state index contributed by atoms with van der Waals surface area (Å²) in [6, 6.07) is 5.41. The van der Waals surface area contributed by atoms with Gasteiger partial charge in [0, 0.05) is 13.1 Å². The van der Waals surface area contributed by atoms with Gasteiger partial charge in [0.1, 0.15) is 5.75 Å². The number of hydrogen-bond acceptors (Lipinski definition) is 3. The van der Waals surface area contributed by atoms with E-state index in [9.17, 15) is 4.79 Å². The quantitative estimate of drug-likeness (QED) is 0.884. The van der Waals surface area contributed by atoms with E-state index in [0.717, 1.165) is 5.56 Å². The standard InChI is InChI=1S/C12H14ClNO3/c1-8-2-3-10(13)11(4-8)17-7-12(16)14-5-9(15)6-14/h2-4,9,15H,5-7H2,1H3. The lowest BCUT2D eigenvalue weighted by molar-refractivity contribution is -0.143. The maximum atomic E-state index is 11.6. The average molecular weight is 256 g/mol. The van der Waals surface area contributed by atoms with Gasteiger partial charge in [0.15, 0.2) is 6.61 Å². The highest BCUT2D eigenvalue weighted by molar-refractivity contribution is 6.32. The zero-order chi connectivity index (χ0) is 12.4. The van der Waals surface area contributed by atoms with Crippen molar-refractivity contribution in [3.63, 3.8) is 0 Å². The molecular formula is C12H14ClNO3. The highest BCUT2D eigenvalue weighted by Crippen LogP contribution is 2.25. The number of likely N-dealkylation sites (tertiary alicyclic amines) is 1. The molecule has 2 rings (SSSR count). The normalized spacial score (nSPS) is 15.6. The summed E-state index contributed by atoms with van der Waals surface area (Å²) in [5.41, 5.74) is 1.02. The first-order valence-corrected chi connectivity index (χ1v) is 5.79. The van der Waals surface area contributed by atoms with Gasteiger partial charge < -0.3 is 14.7 Å². The fourth-order valence-corrected chi connectivity index (χ4v) is 1.78. The van der Waals surface area contributed by atoms with Crippen LogP contribution >= 0.6 is 11.6 Å². The van der Waals surface area contributed by atoms with Gasteiger partial charge in [-0.3, -0.25) is 4.79 Å². The monoisotopic (exact) mass is 255 g/mol. The molecule has 0 aliphatic carbocycles. The zero-order valence-electron chi connectivity index (χ0n) is 9.52. The van der Waals surface area contributed by atoms with E-state index >= 15 is 0 Å². The molecule has 0 aromatic heterocycles. The van der Waals surface area contributed by atoms with Gasteiger partial charge in [0.05, 0.1) is 11.1 Å². The van der Waals surface area contributed by atoms with E-state index in [2.05, 4.69) is 0 Å². The van der Waals surface area contributed by atoms with Crippen molar-refractivity contribution in [3.8, 4) is 5.75 Å². The Labute approximate surface area is 105 Å². The van der Waals surface area contributed by atoms with Gasteiger partial charge in [0.25, 0.3) is 5.91 Å². The van der Waals surface area contributed by atoms with Crippen LogP contribution in [0.15, 0.2) is 18.2 Å². The molecule has 1 saturated heterocycles. The largest absolute Gasteiger partial charge is 0.482 e. The molecule has 0 spiro atoms. The average Bonchev–Trinajstić information content (AvgIpc) is 2.26. The summed E-state index contributed by atoms with van der Waals surface area (Å²) in [6.07, 6.45) is -0.387. The predicted molar refractivity (Wildman–Crippen MR) is 64.3 cm³/mol. The predicted octanol–water partition coefficient (Wildman–Crippen LogP) is 1.23. The van der Waals surface area contributed by atoms with Crippen LogP contribution in [-0.4, -0.2) is 41.7 Å². The number of aliphatic hydroxyl groups is 1. The number of aryl methyl sites for hydroxylation is 1. The summed E-state index contributed by atoms with van der Waals surface area (Å²) >= 11 is 5.94. The molecule has 5 heteroatoms. The Bertz CT molecular complexity index is 430. The van der Waals surface area contributed by atoms with Crippen molar-refractivity contribution < 1.29 is 14.6 Å². The van der Waals surface area contributed by atoms with Crippen LogP contribution in [0.4, 0.5) is 0 Å². The Morgan fingerprint density at radius 2 is 2.29 bits per heavy atom. The number of carbonyl (C=O) groups is 1. The summed E-state index contributed by atoms with van der Waals surface area (Å²) in [4.78, 5) is 13.1. The van der Waals surface area contributed by atoms with Crippen molar-refractivity contribution in [2.75, 3.05) is 19.7 Å². The number of amides is 1. The molecule has 1 N–H and O–H groups in total. The smallest absolute Gasteiger partial charge is 0.260 e. The number of nitrogens with zero attached hydrogens (tertiary/aromatic N) is 1. The molecule has 4 nitrogen and oxygen atoms in total. The zero-order valence-corrected chi connectivity index (χ0v) is 10.3. The summed E-state index contributed by atoms with van der Waals surface area (Å²) in [5, 5.41) is 9.57. The van der Waals surface area contributed by atoms with E-state index < -0.39 is 0 Å². The number of hydrogen-bond donors (Lipinski definition) is 1. The van der Waals surface area contributed by atoms with Gasteiger partial charge >= 0.3 is 0 Å². The van der Waals surface area contributed by atoms with E-state index in [4.69, 9.17) is 21.4 Å². The summed E-state index contributed by atoms with van der Waals surface area (Å²) in [5.74, 6) is 0.383. The number of benzene rings is 1. The van der Waals surface area contributed by atoms with Crippen LogP contribution in [0.2, 0.25) is 5.02 Å². The molecule has 1 fully saturated rings. The number of halogens is 1. The van der Waals surface area contributed by atoms with Gasteiger partial charge in [-0.2, -0.15) is 0 Å². The van der Waals surface area contributed by atoms with Crippen LogP contribution < -0.4 is 4.74 Å². The topological polar surface area (TPSA) is 49.8 Å². The number of rotatable bonds is 3. The molecule has 17 heavy (non-hydrogen) atoms. The minimum atomic E-state index is -0.387. The maximum Gasteiger partial charge on any atom is 0.260 e. The van der Waals surface area contributed by atoms with Crippen LogP contribution in [0, 0.1) is 6.92 Å². The maximum absolute atomic E-state index is 11.6. The van der Waals surface area contributed by atoms with Crippen molar-refractivity contribution in [2.45, 2.75) is 13.0 Å². The Kier molecular flexibility index (Phi) is 3.54. The molecule has 1 aromatic rings. The fourth-order valence-electron chi connectivity index (χ4n) is 1.61. The third-order valence-electron chi connectivity index (χ3n) is 2.65. The second-order valence-corrected chi connectivity index (χ2v) is 4.58. The molecule has 0 unspecified atom stereocenters. The van der Waals surface area contributed by atoms with E-state index in [0.29, 0.717) is 23.9 Å². The third kappa shape index (κ3) is 2.90. The van der Waals surface area contributed by atoms with Crippen molar-refractivity contribution in [1.29, 1.82) is 0 Å². The first kappa shape index (κ1) is 12.2. The third-order valence-corrected chi connectivity index (χ3v) is 2.97. The van der Waals surface area contributed by atoms with E-state index in [1.54, 1.807) is 17.0 Å². The first-order valence-electron chi connectivity index (χ1n) is 5.41. The lowest BCUT2D eigenvalue weighted by Crippen LogP contribution is -2.54. The summed E-state index contributed by atoms with van der Waals surface area (Å²) in [7, 11) is 0. The molecule has 0 radical (unpaired) electrons. The van der Waals surface area contributed by atoms with Crippen LogP contribution in [-0.2, 0) is 4.79 Å². The number of ether oxygens (including phenoxy) is 1. The Morgan fingerprint density at radius 1 is 1.59 bits per heavy atom. The van der Waals surface area contributed by atoms with Crippen molar-refractivity contribution in [2.24, 2.45) is 0 Å². The van der Waals surface area contributed by atoms with Crippen LogP contribution in [0.25, 0.3) is 0 Å². The molecule has 1 aliphatic rings. The van der Waals surface area contributed by atoms with Gasteiger partial charge in [-0.15, -0.1) is 0 Å². The molecule has 1 amide bonds. The summed E-state index contributed by atoms with van der Waals surface area (Å²) in [6.45, 7) is 2.67. The molecule has 0 bridgehead atoms. The van der Waals surface area contributed by atoms with Crippen molar-refractivity contribution in [3.05, 3.63) is 28.8 Å². The fraction of sp³-hybridized carbons (Fsp3) is 0.417. The van der Waals surface area contributed by atoms with Gasteiger partial charge in [-0.1, -0.05) is 17.7 Å². The molecule has 92 valence electrons. The molecule has 0 atom stereocenters. The highest BCUT2D eigenvalue weighted by Gasteiger charge is 2.28. The molecule has 1 heterocycles. The second-order valence-electron chi connectivity index (χ2n) is 4.18. The SMILES string of the molecule is Cc1ccc(Cl)c(OCC(=O)N2CC(O)C2)c1. The summed E-state index contributed by atoms with van der Waals surface area (Å²) < 4.78 is 5.37. The Hall–Kier alpha value is -1.26.